The predicted octanol–water partition coefficient (Wildman–Crippen LogP) is 3.95. The van der Waals surface area contributed by atoms with Crippen LogP contribution in [-0.2, 0) is 5.54 Å². The molecule has 29 heavy (non-hydrogen) atoms. The molecule has 0 unspecified atom stereocenters. The Morgan fingerprint density at radius 2 is 2.00 bits per heavy atom. The summed E-state index contributed by atoms with van der Waals surface area (Å²) in [4.78, 5) is 5.87. The van der Waals surface area contributed by atoms with Crippen molar-refractivity contribution < 1.29 is 8.78 Å². The predicted molar refractivity (Wildman–Crippen MR) is 103 cm³/mol. The molecule has 1 fully saturated rings. The number of hydrogen-bond donors (Lipinski definition) is 0. The first-order valence-corrected chi connectivity index (χ1v) is 9.57. The van der Waals surface area contributed by atoms with Crippen LogP contribution in [0.5, 0.6) is 0 Å². The van der Waals surface area contributed by atoms with Gasteiger partial charge in [-0.3, -0.25) is 4.98 Å². The van der Waals surface area contributed by atoms with Gasteiger partial charge in [-0.15, -0.1) is 10.2 Å². The molecule has 2 aromatic heterocycles. The molecule has 0 N–H and O–H groups in total. The van der Waals surface area contributed by atoms with Gasteiger partial charge in [0, 0.05) is 31.6 Å². The molecule has 1 aliphatic rings. The van der Waals surface area contributed by atoms with E-state index in [4.69, 9.17) is 5.26 Å². The number of anilines is 1. The highest BCUT2D eigenvalue weighted by Gasteiger charge is 2.52. The summed E-state index contributed by atoms with van der Waals surface area (Å²) in [5.41, 5.74) is 0.493. The third kappa shape index (κ3) is 3.10. The van der Waals surface area contributed by atoms with Gasteiger partial charge in [-0.1, -0.05) is 11.3 Å². The fraction of sp³-hybridized carbons (Fsp3) is 0.250. The molecule has 2 heterocycles. The van der Waals surface area contributed by atoms with Crippen molar-refractivity contribution in [1.82, 2.24) is 15.2 Å². The molecule has 1 aliphatic carbocycles. The maximum absolute atomic E-state index is 14.5. The number of nitrogens with zero attached hydrogens (tertiary/aromatic N) is 6. The number of hydrogen-bond acceptors (Lipinski definition) is 7. The zero-order chi connectivity index (χ0) is 20.6. The van der Waals surface area contributed by atoms with Crippen LogP contribution in [0.1, 0.15) is 29.7 Å². The zero-order valence-electron chi connectivity index (χ0n) is 15.3. The Kier molecular flexibility index (Phi) is 4.69. The highest BCUT2D eigenvalue weighted by atomic mass is 32.1. The average molecular weight is 408 g/mol. The summed E-state index contributed by atoms with van der Waals surface area (Å²) in [6, 6.07) is 11.6. The third-order valence-electron chi connectivity index (χ3n) is 5.16. The van der Waals surface area contributed by atoms with Gasteiger partial charge in [0.15, 0.2) is 5.01 Å². The van der Waals surface area contributed by atoms with Crippen LogP contribution in [0.15, 0.2) is 36.5 Å². The minimum atomic E-state index is -1.05. The first kappa shape index (κ1) is 18.9. The molecule has 0 amide bonds. The summed E-state index contributed by atoms with van der Waals surface area (Å²) in [5, 5.41) is 27.7. The van der Waals surface area contributed by atoms with Gasteiger partial charge in [0.2, 0.25) is 5.13 Å². The van der Waals surface area contributed by atoms with E-state index in [-0.39, 0.29) is 18.5 Å². The van der Waals surface area contributed by atoms with Crippen LogP contribution < -0.4 is 4.90 Å². The summed E-state index contributed by atoms with van der Waals surface area (Å²) in [7, 11) is 1.71. The Hall–Kier alpha value is -3.43. The number of halogens is 2. The van der Waals surface area contributed by atoms with Gasteiger partial charge in [0.25, 0.3) is 0 Å². The van der Waals surface area contributed by atoms with Crippen LogP contribution in [-0.4, -0.2) is 28.4 Å². The SMILES string of the molecule is CN(c1nnc(-c2cc(C#N)ccc2C#N)s1)C1(c2ncccc2F)CC(F)C1. The van der Waals surface area contributed by atoms with E-state index >= 15 is 0 Å². The number of aromatic nitrogens is 3. The summed E-state index contributed by atoms with van der Waals surface area (Å²) < 4.78 is 28.3. The lowest BCUT2D eigenvalue weighted by Crippen LogP contribution is -2.55. The lowest BCUT2D eigenvalue weighted by molar-refractivity contribution is 0.0870. The molecule has 0 atom stereocenters. The van der Waals surface area contributed by atoms with Gasteiger partial charge in [0.05, 0.1) is 28.8 Å². The van der Waals surface area contributed by atoms with Crippen LogP contribution in [0.4, 0.5) is 13.9 Å². The number of alkyl halides is 1. The summed E-state index contributed by atoms with van der Waals surface area (Å²) in [6.45, 7) is 0. The van der Waals surface area contributed by atoms with Crippen LogP contribution in [0.25, 0.3) is 10.6 Å². The van der Waals surface area contributed by atoms with Crippen molar-refractivity contribution in [1.29, 1.82) is 10.5 Å². The molecule has 0 radical (unpaired) electrons. The van der Waals surface area contributed by atoms with Crippen LogP contribution >= 0.6 is 11.3 Å². The van der Waals surface area contributed by atoms with E-state index in [9.17, 15) is 14.0 Å². The molecule has 1 saturated carbocycles. The topological polar surface area (TPSA) is 89.5 Å². The van der Waals surface area contributed by atoms with Crippen molar-refractivity contribution in [3.05, 3.63) is 59.2 Å². The van der Waals surface area contributed by atoms with Crippen molar-refractivity contribution >= 4 is 16.5 Å². The minimum absolute atomic E-state index is 0.0969. The highest BCUT2D eigenvalue weighted by molar-refractivity contribution is 7.18. The first-order valence-electron chi connectivity index (χ1n) is 8.75. The molecule has 1 aromatic carbocycles. The number of rotatable bonds is 4. The maximum Gasteiger partial charge on any atom is 0.209 e. The Morgan fingerprint density at radius 3 is 2.66 bits per heavy atom. The highest BCUT2D eigenvalue weighted by Crippen LogP contribution is 2.50. The van der Waals surface area contributed by atoms with Gasteiger partial charge >= 0.3 is 0 Å². The van der Waals surface area contributed by atoms with E-state index in [1.165, 1.54) is 29.7 Å². The van der Waals surface area contributed by atoms with E-state index in [0.717, 1.165) is 0 Å². The second-order valence-corrected chi connectivity index (χ2v) is 7.76. The van der Waals surface area contributed by atoms with Crippen molar-refractivity contribution in [2.75, 3.05) is 11.9 Å². The van der Waals surface area contributed by atoms with Gasteiger partial charge in [-0.2, -0.15) is 10.5 Å². The molecular formula is C20H14F2N6S. The number of pyridine rings is 1. The Balaban J connectivity index is 1.74. The largest absolute Gasteiger partial charge is 0.338 e. The van der Waals surface area contributed by atoms with Gasteiger partial charge in [-0.05, 0) is 30.3 Å². The van der Waals surface area contributed by atoms with E-state index in [0.29, 0.717) is 26.8 Å². The standard InChI is InChI=1S/C20H14F2N6S/c1-28(20(8-14(21)9-20)17-16(22)3-2-6-25-17)19-27-26-18(29-19)15-7-12(10-23)4-5-13(15)11-24/h2-7,14H,8-9H2,1H3. The van der Waals surface area contributed by atoms with Crippen LogP contribution in [0.3, 0.4) is 0 Å². The second kappa shape index (κ2) is 7.19. The smallest absolute Gasteiger partial charge is 0.209 e. The molecule has 9 heteroatoms. The quantitative estimate of drug-likeness (QED) is 0.649. The Bertz CT molecular complexity index is 1160. The zero-order valence-corrected chi connectivity index (χ0v) is 16.1. The van der Waals surface area contributed by atoms with Crippen molar-refractivity contribution in [2.45, 2.75) is 24.6 Å². The van der Waals surface area contributed by atoms with Crippen LogP contribution in [0.2, 0.25) is 0 Å². The van der Waals surface area contributed by atoms with Crippen molar-refractivity contribution in [3.8, 4) is 22.7 Å². The number of nitriles is 2. The van der Waals surface area contributed by atoms with E-state index in [2.05, 4.69) is 21.3 Å². The lowest BCUT2D eigenvalue weighted by atomic mass is 9.71. The van der Waals surface area contributed by atoms with E-state index in [1.807, 2.05) is 6.07 Å². The minimum Gasteiger partial charge on any atom is -0.338 e. The Labute approximate surface area is 169 Å². The molecule has 0 spiro atoms. The van der Waals surface area contributed by atoms with E-state index < -0.39 is 17.5 Å². The van der Waals surface area contributed by atoms with Gasteiger partial charge in [0.1, 0.15) is 17.7 Å². The van der Waals surface area contributed by atoms with E-state index in [1.54, 1.807) is 30.1 Å². The molecule has 4 rings (SSSR count). The second-order valence-electron chi connectivity index (χ2n) is 6.80. The molecule has 6 nitrogen and oxygen atoms in total. The van der Waals surface area contributed by atoms with Crippen LogP contribution in [0, 0.1) is 28.5 Å². The maximum atomic E-state index is 14.5. The molecule has 144 valence electrons. The summed E-state index contributed by atoms with van der Waals surface area (Å²) in [5.74, 6) is -0.496. The van der Waals surface area contributed by atoms with Crippen molar-refractivity contribution in [2.24, 2.45) is 0 Å². The fourth-order valence-corrected chi connectivity index (χ4v) is 4.49. The summed E-state index contributed by atoms with van der Waals surface area (Å²) in [6.07, 6.45) is 0.626. The lowest BCUT2D eigenvalue weighted by Gasteiger charge is -2.49. The van der Waals surface area contributed by atoms with Gasteiger partial charge < -0.3 is 4.90 Å². The average Bonchev–Trinajstić information content (AvgIpc) is 3.21. The van der Waals surface area contributed by atoms with Crippen molar-refractivity contribution in [3.63, 3.8) is 0 Å². The molecule has 3 aromatic rings. The van der Waals surface area contributed by atoms with Gasteiger partial charge in [-0.25, -0.2) is 8.78 Å². The number of benzene rings is 1. The molecule has 0 aliphatic heterocycles. The molecule has 0 bridgehead atoms. The molecule has 0 saturated heterocycles. The summed E-state index contributed by atoms with van der Waals surface area (Å²) >= 11 is 1.19. The fourth-order valence-electron chi connectivity index (χ4n) is 3.56. The first-order chi connectivity index (χ1) is 14.0. The molecular weight excluding hydrogens is 394 g/mol. The Morgan fingerprint density at radius 1 is 1.21 bits per heavy atom. The monoisotopic (exact) mass is 408 g/mol. The normalized spacial score (nSPS) is 20.4. The third-order valence-corrected chi connectivity index (χ3v) is 6.19.